The van der Waals surface area contributed by atoms with Gasteiger partial charge in [-0.1, -0.05) is 23.9 Å². The van der Waals surface area contributed by atoms with E-state index >= 15 is 0 Å². The third kappa shape index (κ3) is 3.54. The number of hydrogen-bond donors (Lipinski definition) is 1. The number of rotatable bonds is 4. The van der Waals surface area contributed by atoms with E-state index < -0.39 is 0 Å². The van der Waals surface area contributed by atoms with Gasteiger partial charge in [0.05, 0.1) is 5.75 Å². The maximum absolute atomic E-state index is 12.0. The smallest absolute Gasteiger partial charge is 0.251 e. The molecule has 0 radical (unpaired) electrons. The number of ketones is 1. The van der Waals surface area contributed by atoms with Gasteiger partial charge in [-0.05, 0) is 31.0 Å². The highest BCUT2D eigenvalue weighted by Crippen LogP contribution is 2.15. The molecule has 0 unspecified atom stereocenters. The quantitative estimate of drug-likeness (QED) is 0.528. The third-order valence-electron chi connectivity index (χ3n) is 2.82. The van der Waals surface area contributed by atoms with E-state index in [1.165, 1.54) is 29.6 Å². The molecule has 0 atom stereocenters. The summed E-state index contributed by atoms with van der Waals surface area (Å²) >= 11 is 1.23. The van der Waals surface area contributed by atoms with Crippen LogP contribution in [0.1, 0.15) is 21.5 Å². The Kier molecular flexibility index (Phi) is 4.16. The number of carbonyl (C=O) groups excluding carboxylic acids is 1. The number of nitrogens with zero attached hydrogens (tertiary/aromatic N) is 1. The second kappa shape index (κ2) is 5.84. The van der Waals surface area contributed by atoms with Crippen LogP contribution < -0.4 is 5.56 Å². The number of H-pyrrole nitrogens is 1. The van der Waals surface area contributed by atoms with Crippen molar-refractivity contribution in [2.75, 3.05) is 5.75 Å². The lowest BCUT2D eigenvalue weighted by Gasteiger charge is -2.04. The molecule has 19 heavy (non-hydrogen) atoms. The van der Waals surface area contributed by atoms with Gasteiger partial charge in [-0.15, -0.1) is 0 Å². The normalized spacial score (nSPS) is 10.4. The molecule has 0 aliphatic carbocycles. The second-order valence-electron chi connectivity index (χ2n) is 4.25. The van der Waals surface area contributed by atoms with E-state index in [1.807, 2.05) is 32.0 Å². The van der Waals surface area contributed by atoms with E-state index in [2.05, 4.69) is 9.97 Å². The van der Waals surface area contributed by atoms with Crippen molar-refractivity contribution in [2.24, 2.45) is 0 Å². The topological polar surface area (TPSA) is 62.8 Å². The molecule has 0 aliphatic rings. The van der Waals surface area contributed by atoms with Crippen LogP contribution in [0, 0.1) is 13.8 Å². The largest absolute Gasteiger partial charge is 0.301 e. The van der Waals surface area contributed by atoms with Crippen molar-refractivity contribution in [2.45, 2.75) is 19.0 Å². The number of carbonyl (C=O) groups is 1. The number of aromatic amines is 1. The average molecular weight is 274 g/mol. The minimum atomic E-state index is -0.212. The lowest BCUT2D eigenvalue weighted by atomic mass is 10.0. The lowest BCUT2D eigenvalue weighted by molar-refractivity contribution is 0.102. The minimum absolute atomic E-state index is 0.0274. The molecule has 0 spiro atoms. The Labute approximate surface area is 115 Å². The van der Waals surface area contributed by atoms with Crippen LogP contribution in [-0.2, 0) is 0 Å². The van der Waals surface area contributed by atoms with E-state index in [9.17, 15) is 9.59 Å². The first kappa shape index (κ1) is 13.5. The number of Topliss-reactive ketones (excluding diaryl/α,β-unsaturated/α-hetero) is 1. The molecule has 2 aromatic rings. The summed E-state index contributed by atoms with van der Waals surface area (Å²) < 4.78 is 0. The van der Waals surface area contributed by atoms with Gasteiger partial charge in [0.2, 0.25) is 0 Å². The van der Waals surface area contributed by atoms with Gasteiger partial charge in [-0.2, -0.15) is 0 Å². The van der Waals surface area contributed by atoms with Crippen LogP contribution in [0.3, 0.4) is 0 Å². The average Bonchev–Trinajstić information content (AvgIpc) is 2.39. The maximum Gasteiger partial charge on any atom is 0.251 e. The van der Waals surface area contributed by atoms with Crippen LogP contribution in [0.25, 0.3) is 0 Å². The first-order valence-electron chi connectivity index (χ1n) is 5.85. The Bertz CT molecular complexity index is 664. The highest BCUT2D eigenvalue weighted by atomic mass is 32.2. The summed E-state index contributed by atoms with van der Waals surface area (Å²) in [5.41, 5.74) is 2.74. The molecule has 1 heterocycles. The van der Waals surface area contributed by atoms with Crippen LogP contribution in [0.15, 0.2) is 40.4 Å². The Morgan fingerprint density at radius 1 is 1.26 bits per heavy atom. The van der Waals surface area contributed by atoms with Crippen LogP contribution in [-0.4, -0.2) is 21.5 Å². The van der Waals surface area contributed by atoms with Gasteiger partial charge in [0.15, 0.2) is 10.9 Å². The summed E-state index contributed by atoms with van der Waals surface area (Å²) in [6, 6.07) is 7.00. The molecule has 98 valence electrons. The molecule has 1 aromatic heterocycles. The predicted molar refractivity (Wildman–Crippen MR) is 75.8 cm³/mol. The maximum atomic E-state index is 12.0. The van der Waals surface area contributed by atoms with Crippen molar-refractivity contribution in [3.63, 3.8) is 0 Å². The standard InChI is InChI=1S/C14H14N2O2S/c1-9-3-4-11(7-10(9)2)12(17)8-19-14-15-6-5-13(18)16-14/h3-7H,8H2,1-2H3,(H,15,16,18). The molecular formula is C14H14N2O2S. The van der Waals surface area contributed by atoms with Gasteiger partial charge in [0, 0.05) is 17.8 Å². The van der Waals surface area contributed by atoms with Gasteiger partial charge < -0.3 is 4.98 Å². The number of aryl methyl sites for hydroxylation is 2. The number of thioether (sulfide) groups is 1. The summed E-state index contributed by atoms with van der Waals surface area (Å²) in [4.78, 5) is 29.7. The van der Waals surface area contributed by atoms with E-state index in [1.54, 1.807) is 0 Å². The highest BCUT2D eigenvalue weighted by Gasteiger charge is 2.08. The van der Waals surface area contributed by atoms with Crippen LogP contribution in [0.4, 0.5) is 0 Å². The van der Waals surface area contributed by atoms with E-state index in [0.29, 0.717) is 10.7 Å². The van der Waals surface area contributed by atoms with Gasteiger partial charge in [-0.3, -0.25) is 9.59 Å². The van der Waals surface area contributed by atoms with Crippen molar-refractivity contribution < 1.29 is 4.79 Å². The molecule has 4 nitrogen and oxygen atoms in total. The summed E-state index contributed by atoms with van der Waals surface area (Å²) in [5, 5.41) is 0.463. The molecule has 0 bridgehead atoms. The van der Waals surface area contributed by atoms with Gasteiger partial charge in [-0.25, -0.2) is 4.98 Å². The summed E-state index contributed by atoms with van der Waals surface area (Å²) in [6.45, 7) is 3.99. The van der Waals surface area contributed by atoms with E-state index in [4.69, 9.17) is 0 Å². The van der Waals surface area contributed by atoms with E-state index in [-0.39, 0.29) is 17.1 Å². The number of nitrogens with one attached hydrogen (secondary N) is 1. The molecule has 2 rings (SSSR count). The fourth-order valence-corrected chi connectivity index (χ4v) is 2.30. The van der Waals surface area contributed by atoms with Crippen molar-refractivity contribution in [1.29, 1.82) is 0 Å². The van der Waals surface area contributed by atoms with Gasteiger partial charge >= 0.3 is 0 Å². The van der Waals surface area contributed by atoms with Gasteiger partial charge in [0.25, 0.3) is 5.56 Å². The number of benzene rings is 1. The van der Waals surface area contributed by atoms with Crippen LogP contribution >= 0.6 is 11.8 Å². The molecule has 0 saturated carbocycles. The van der Waals surface area contributed by atoms with Crippen molar-refractivity contribution in [1.82, 2.24) is 9.97 Å². The zero-order valence-corrected chi connectivity index (χ0v) is 11.6. The SMILES string of the molecule is Cc1ccc(C(=O)CSc2nccc(=O)[nH]2)cc1C. The van der Waals surface area contributed by atoms with Crippen molar-refractivity contribution in [3.05, 3.63) is 57.5 Å². The number of hydrogen-bond acceptors (Lipinski definition) is 4. The molecule has 0 aliphatic heterocycles. The second-order valence-corrected chi connectivity index (χ2v) is 5.21. The molecule has 0 saturated heterocycles. The van der Waals surface area contributed by atoms with Crippen molar-refractivity contribution in [3.8, 4) is 0 Å². The predicted octanol–water partition coefficient (Wildman–Crippen LogP) is 2.36. The Morgan fingerprint density at radius 2 is 2.05 bits per heavy atom. The highest BCUT2D eigenvalue weighted by molar-refractivity contribution is 7.99. The minimum Gasteiger partial charge on any atom is -0.301 e. The first-order valence-corrected chi connectivity index (χ1v) is 6.83. The molecule has 0 amide bonds. The van der Waals surface area contributed by atoms with Crippen LogP contribution in [0.2, 0.25) is 0 Å². The third-order valence-corrected chi connectivity index (χ3v) is 3.70. The summed E-state index contributed by atoms with van der Waals surface area (Å²) in [7, 11) is 0. The summed E-state index contributed by atoms with van der Waals surface area (Å²) in [5.74, 6) is 0.287. The molecule has 1 N–H and O–H groups in total. The summed E-state index contributed by atoms with van der Waals surface area (Å²) in [6.07, 6.45) is 1.43. The molecule has 1 aromatic carbocycles. The molecule has 0 fully saturated rings. The Balaban J connectivity index is 2.05. The zero-order chi connectivity index (χ0) is 13.8. The fourth-order valence-electron chi connectivity index (χ4n) is 1.56. The first-order chi connectivity index (χ1) is 9.06. The molecule has 5 heteroatoms. The monoisotopic (exact) mass is 274 g/mol. The van der Waals surface area contributed by atoms with Crippen molar-refractivity contribution >= 4 is 17.5 Å². The number of aromatic nitrogens is 2. The lowest BCUT2D eigenvalue weighted by Crippen LogP contribution is -2.08. The molecular weight excluding hydrogens is 260 g/mol. The Hall–Kier alpha value is -1.88. The van der Waals surface area contributed by atoms with Gasteiger partial charge in [0.1, 0.15) is 0 Å². The Morgan fingerprint density at radius 3 is 2.74 bits per heavy atom. The zero-order valence-electron chi connectivity index (χ0n) is 10.8. The van der Waals surface area contributed by atoms with E-state index in [0.717, 1.165) is 5.56 Å². The fraction of sp³-hybridized carbons (Fsp3) is 0.214. The van der Waals surface area contributed by atoms with Crippen LogP contribution in [0.5, 0.6) is 0 Å².